The molecule has 0 aromatic carbocycles. The second-order valence-electron chi connectivity index (χ2n) is 3.96. The highest BCUT2D eigenvalue weighted by atomic mass is 32.1. The summed E-state index contributed by atoms with van der Waals surface area (Å²) in [6.07, 6.45) is 2.16. The molecule has 0 aliphatic rings. The van der Waals surface area contributed by atoms with Crippen molar-refractivity contribution in [2.75, 3.05) is 7.05 Å². The van der Waals surface area contributed by atoms with Crippen LogP contribution >= 0.6 is 11.3 Å². The smallest absolute Gasteiger partial charge is 0.0928 e. The van der Waals surface area contributed by atoms with Crippen LogP contribution in [-0.2, 0) is 19.4 Å². The van der Waals surface area contributed by atoms with Crippen LogP contribution in [-0.4, -0.2) is 12.0 Å². The summed E-state index contributed by atoms with van der Waals surface area (Å²) < 4.78 is 0. The summed E-state index contributed by atoms with van der Waals surface area (Å²) in [5, 5.41) is 4.47. The van der Waals surface area contributed by atoms with Crippen molar-refractivity contribution >= 4 is 11.3 Å². The van der Waals surface area contributed by atoms with Crippen LogP contribution in [0.15, 0.2) is 0 Å². The standard InChI is InChI=1S/C11H20N2S/c1-5-11-13-9(6-8(2)3)10(14-11)7-12-4/h8,12H,5-7H2,1-4H3. The molecule has 0 bridgehead atoms. The summed E-state index contributed by atoms with van der Waals surface area (Å²) >= 11 is 1.85. The van der Waals surface area contributed by atoms with Crippen molar-refractivity contribution in [2.24, 2.45) is 5.92 Å². The fourth-order valence-corrected chi connectivity index (χ4v) is 2.48. The average molecular weight is 212 g/mol. The number of hydrogen-bond acceptors (Lipinski definition) is 3. The van der Waals surface area contributed by atoms with Gasteiger partial charge in [-0.1, -0.05) is 20.8 Å². The summed E-state index contributed by atoms with van der Waals surface area (Å²) in [4.78, 5) is 6.08. The molecule has 1 aromatic heterocycles. The predicted octanol–water partition coefficient (Wildman–Crippen LogP) is 2.62. The average Bonchev–Trinajstić information content (AvgIpc) is 2.48. The number of hydrogen-bond donors (Lipinski definition) is 1. The molecule has 0 fully saturated rings. The number of thiazole rings is 1. The van der Waals surface area contributed by atoms with Gasteiger partial charge < -0.3 is 5.32 Å². The molecule has 14 heavy (non-hydrogen) atoms. The van der Waals surface area contributed by atoms with Gasteiger partial charge in [0, 0.05) is 11.4 Å². The quantitative estimate of drug-likeness (QED) is 0.811. The number of aryl methyl sites for hydroxylation is 1. The highest BCUT2D eigenvalue weighted by molar-refractivity contribution is 7.11. The first-order valence-corrected chi connectivity index (χ1v) is 6.11. The van der Waals surface area contributed by atoms with Gasteiger partial charge in [0.2, 0.25) is 0 Å². The monoisotopic (exact) mass is 212 g/mol. The molecule has 0 atom stereocenters. The zero-order valence-electron chi connectivity index (χ0n) is 9.55. The summed E-state index contributed by atoms with van der Waals surface area (Å²) in [5.41, 5.74) is 1.30. The van der Waals surface area contributed by atoms with E-state index in [0.717, 1.165) is 19.4 Å². The van der Waals surface area contributed by atoms with E-state index in [2.05, 4.69) is 31.1 Å². The second kappa shape index (κ2) is 5.47. The highest BCUT2D eigenvalue weighted by Gasteiger charge is 2.10. The van der Waals surface area contributed by atoms with Gasteiger partial charge in [-0.15, -0.1) is 11.3 Å². The molecule has 1 N–H and O–H groups in total. The lowest BCUT2D eigenvalue weighted by Crippen LogP contribution is -2.07. The van der Waals surface area contributed by atoms with E-state index in [9.17, 15) is 0 Å². The first kappa shape index (κ1) is 11.7. The predicted molar refractivity (Wildman–Crippen MR) is 62.8 cm³/mol. The number of nitrogens with zero attached hydrogens (tertiary/aromatic N) is 1. The molecular formula is C11H20N2S. The maximum Gasteiger partial charge on any atom is 0.0928 e. The molecular weight excluding hydrogens is 192 g/mol. The van der Waals surface area contributed by atoms with E-state index in [1.807, 2.05) is 18.4 Å². The van der Waals surface area contributed by atoms with Crippen LogP contribution in [0.5, 0.6) is 0 Å². The van der Waals surface area contributed by atoms with Crippen molar-refractivity contribution < 1.29 is 0 Å². The molecule has 0 amide bonds. The van der Waals surface area contributed by atoms with Crippen molar-refractivity contribution in [3.05, 3.63) is 15.6 Å². The lowest BCUT2D eigenvalue weighted by Gasteiger charge is -2.03. The van der Waals surface area contributed by atoms with E-state index in [4.69, 9.17) is 0 Å². The molecule has 0 aliphatic heterocycles. The van der Waals surface area contributed by atoms with Gasteiger partial charge in [-0.2, -0.15) is 0 Å². The molecule has 80 valence electrons. The molecule has 1 heterocycles. The molecule has 3 heteroatoms. The van der Waals surface area contributed by atoms with E-state index in [1.165, 1.54) is 15.6 Å². The van der Waals surface area contributed by atoms with Crippen LogP contribution < -0.4 is 5.32 Å². The van der Waals surface area contributed by atoms with E-state index >= 15 is 0 Å². The molecule has 0 saturated heterocycles. The van der Waals surface area contributed by atoms with E-state index in [0.29, 0.717) is 5.92 Å². The summed E-state index contributed by atoms with van der Waals surface area (Å²) in [6.45, 7) is 7.61. The molecule has 0 aliphatic carbocycles. The first-order valence-electron chi connectivity index (χ1n) is 5.29. The third kappa shape index (κ3) is 3.07. The van der Waals surface area contributed by atoms with Crippen molar-refractivity contribution in [1.82, 2.24) is 10.3 Å². The van der Waals surface area contributed by atoms with Crippen molar-refractivity contribution in [3.63, 3.8) is 0 Å². The molecule has 2 nitrogen and oxygen atoms in total. The van der Waals surface area contributed by atoms with Gasteiger partial charge >= 0.3 is 0 Å². The van der Waals surface area contributed by atoms with Gasteiger partial charge in [-0.05, 0) is 25.8 Å². The third-order valence-electron chi connectivity index (χ3n) is 2.06. The Labute approximate surface area is 90.8 Å². The largest absolute Gasteiger partial charge is 0.315 e. The van der Waals surface area contributed by atoms with E-state index in [-0.39, 0.29) is 0 Å². The SMILES string of the molecule is CCc1nc(CC(C)C)c(CNC)s1. The summed E-state index contributed by atoms with van der Waals surface area (Å²) in [5.74, 6) is 0.692. The van der Waals surface area contributed by atoms with Crippen molar-refractivity contribution in [2.45, 2.75) is 40.2 Å². The minimum Gasteiger partial charge on any atom is -0.315 e. The van der Waals surface area contributed by atoms with Crippen molar-refractivity contribution in [1.29, 1.82) is 0 Å². The number of rotatable bonds is 5. The van der Waals surface area contributed by atoms with E-state index < -0.39 is 0 Å². The first-order chi connectivity index (χ1) is 6.67. The van der Waals surface area contributed by atoms with Crippen LogP contribution in [0.4, 0.5) is 0 Å². The van der Waals surface area contributed by atoms with Gasteiger partial charge in [-0.3, -0.25) is 0 Å². The maximum atomic E-state index is 4.67. The highest BCUT2D eigenvalue weighted by Crippen LogP contribution is 2.21. The Morgan fingerprint density at radius 3 is 2.64 bits per heavy atom. The number of aromatic nitrogens is 1. The van der Waals surface area contributed by atoms with Gasteiger partial charge in [0.1, 0.15) is 0 Å². The molecule has 0 saturated carbocycles. The summed E-state index contributed by atoms with van der Waals surface area (Å²) in [6, 6.07) is 0. The molecule has 1 rings (SSSR count). The van der Waals surface area contributed by atoms with E-state index in [1.54, 1.807) is 0 Å². The van der Waals surface area contributed by atoms with Crippen LogP contribution in [0, 0.1) is 5.92 Å². The zero-order valence-corrected chi connectivity index (χ0v) is 10.4. The van der Waals surface area contributed by atoms with Crippen molar-refractivity contribution in [3.8, 4) is 0 Å². The Hall–Kier alpha value is -0.410. The minimum absolute atomic E-state index is 0.692. The fourth-order valence-electron chi connectivity index (χ4n) is 1.43. The van der Waals surface area contributed by atoms with Gasteiger partial charge in [-0.25, -0.2) is 4.98 Å². The molecule has 0 unspecified atom stereocenters. The second-order valence-corrected chi connectivity index (χ2v) is 5.13. The molecule has 0 spiro atoms. The Bertz CT molecular complexity index is 279. The molecule has 0 radical (unpaired) electrons. The lowest BCUT2D eigenvalue weighted by atomic mass is 10.1. The topological polar surface area (TPSA) is 24.9 Å². The lowest BCUT2D eigenvalue weighted by molar-refractivity contribution is 0.629. The fraction of sp³-hybridized carbons (Fsp3) is 0.727. The van der Waals surface area contributed by atoms with Gasteiger partial charge in [0.05, 0.1) is 10.7 Å². The van der Waals surface area contributed by atoms with Crippen LogP contribution in [0.25, 0.3) is 0 Å². The van der Waals surface area contributed by atoms with Gasteiger partial charge in [0.25, 0.3) is 0 Å². The van der Waals surface area contributed by atoms with Crippen LogP contribution in [0.2, 0.25) is 0 Å². The Kier molecular flexibility index (Phi) is 4.55. The zero-order chi connectivity index (χ0) is 10.6. The van der Waals surface area contributed by atoms with Crippen LogP contribution in [0.3, 0.4) is 0 Å². The third-order valence-corrected chi connectivity index (χ3v) is 3.31. The normalized spacial score (nSPS) is 11.2. The Morgan fingerprint density at radius 2 is 2.14 bits per heavy atom. The Balaban J connectivity index is 2.82. The minimum atomic E-state index is 0.692. The maximum absolute atomic E-state index is 4.67. The summed E-state index contributed by atoms with van der Waals surface area (Å²) in [7, 11) is 1.99. The molecule has 1 aromatic rings. The van der Waals surface area contributed by atoms with Gasteiger partial charge in [0.15, 0.2) is 0 Å². The number of nitrogens with one attached hydrogen (secondary N) is 1. The Morgan fingerprint density at radius 1 is 1.43 bits per heavy atom. The van der Waals surface area contributed by atoms with Crippen LogP contribution in [0.1, 0.15) is 36.3 Å².